The molecule has 0 aliphatic heterocycles. The largest absolute Gasteiger partial charge is 0.360 e. The number of nitro groups is 1. The van der Waals surface area contributed by atoms with Crippen molar-refractivity contribution in [1.82, 2.24) is 9.72 Å². The molecule has 0 radical (unpaired) electrons. The van der Waals surface area contributed by atoms with Gasteiger partial charge in [0.2, 0.25) is 0 Å². The maximum atomic E-state index is 10.8. The van der Waals surface area contributed by atoms with E-state index in [4.69, 9.17) is 4.52 Å². The molecule has 0 atom stereocenters. The van der Waals surface area contributed by atoms with Gasteiger partial charge in [0.25, 0.3) is 5.69 Å². The minimum Gasteiger partial charge on any atom is -0.360 e. The van der Waals surface area contributed by atoms with Crippen LogP contribution in [0.1, 0.15) is 22.7 Å². The predicted octanol–water partition coefficient (Wildman–Crippen LogP) is 3.74. The highest BCUT2D eigenvalue weighted by Crippen LogP contribution is 2.20. The molecule has 128 valence electrons. The molecule has 2 heterocycles. The summed E-state index contributed by atoms with van der Waals surface area (Å²) in [5.74, 6) is 1.46. The zero-order valence-electron chi connectivity index (χ0n) is 14.1. The molecule has 0 unspecified atom stereocenters. The van der Waals surface area contributed by atoms with E-state index < -0.39 is 4.92 Å². The van der Waals surface area contributed by atoms with Crippen LogP contribution in [0.3, 0.4) is 0 Å². The number of aryl methyl sites for hydroxylation is 2. The Morgan fingerprint density at radius 2 is 2.08 bits per heavy atom. The smallest absolute Gasteiger partial charge is 0.271 e. The quantitative estimate of drug-likeness (QED) is 0.434. The van der Waals surface area contributed by atoms with Gasteiger partial charge < -0.3 is 4.52 Å². The number of hydrogen-bond donors (Lipinski definition) is 1. The van der Waals surface area contributed by atoms with Crippen LogP contribution in [0.25, 0.3) is 5.82 Å². The van der Waals surface area contributed by atoms with E-state index in [0.717, 1.165) is 28.5 Å². The number of benzene rings is 1. The molecule has 2 aromatic heterocycles. The summed E-state index contributed by atoms with van der Waals surface area (Å²) in [7, 11) is 0. The van der Waals surface area contributed by atoms with Gasteiger partial charge >= 0.3 is 0 Å². The fraction of sp³-hybridized carbons (Fsp3) is 0.176. The molecule has 25 heavy (non-hydrogen) atoms. The molecule has 0 amide bonds. The van der Waals surface area contributed by atoms with Crippen molar-refractivity contribution in [3.63, 3.8) is 0 Å². The van der Waals surface area contributed by atoms with E-state index in [1.165, 1.54) is 12.1 Å². The Labute approximate surface area is 143 Å². The summed E-state index contributed by atoms with van der Waals surface area (Å²) in [6, 6.07) is 10.0. The Morgan fingerprint density at radius 1 is 1.28 bits per heavy atom. The van der Waals surface area contributed by atoms with Gasteiger partial charge in [0.15, 0.2) is 5.82 Å². The molecular weight excluding hydrogens is 322 g/mol. The Balaban J connectivity index is 1.81. The van der Waals surface area contributed by atoms with E-state index in [0.29, 0.717) is 5.69 Å². The maximum absolute atomic E-state index is 10.8. The molecular formula is C17H17N5O3. The number of rotatable bonds is 5. The van der Waals surface area contributed by atoms with Crippen LogP contribution >= 0.6 is 0 Å². The van der Waals surface area contributed by atoms with E-state index >= 15 is 0 Å². The molecule has 0 aliphatic carbocycles. The zero-order chi connectivity index (χ0) is 18.0. The summed E-state index contributed by atoms with van der Waals surface area (Å²) in [6.07, 6.45) is 1.67. The third-order valence-corrected chi connectivity index (χ3v) is 3.77. The van der Waals surface area contributed by atoms with Gasteiger partial charge in [0, 0.05) is 35.2 Å². The summed E-state index contributed by atoms with van der Waals surface area (Å²) in [5.41, 5.74) is 6.25. The lowest BCUT2D eigenvalue weighted by Crippen LogP contribution is -2.00. The van der Waals surface area contributed by atoms with E-state index in [-0.39, 0.29) is 5.69 Å². The van der Waals surface area contributed by atoms with E-state index in [1.807, 2.05) is 37.5 Å². The number of hydrogen-bond acceptors (Lipinski definition) is 6. The van der Waals surface area contributed by atoms with Crippen molar-refractivity contribution in [3.8, 4) is 5.82 Å². The molecule has 8 nitrogen and oxygen atoms in total. The second kappa shape index (κ2) is 6.60. The molecule has 0 aliphatic rings. The number of nitro benzene ring substituents is 1. The minimum atomic E-state index is -0.442. The summed E-state index contributed by atoms with van der Waals surface area (Å²) >= 11 is 0. The highest BCUT2D eigenvalue weighted by atomic mass is 16.6. The Hall–Kier alpha value is -3.42. The van der Waals surface area contributed by atoms with Crippen LogP contribution in [0.4, 0.5) is 11.4 Å². The van der Waals surface area contributed by atoms with Crippen molar-refractivity contribution in [1.29, 1.82) is 0 Å². The molecule has 1 aromatic carbocycles. The molecule has 0 fully saturated rings. The maximum Gasteiger partial charge on any atom is 0.271 e. The standard InChI is InChI=1S/C17H17N5O3/c1-11-7-14(13(3)21(11)17-8-12(2)25-20-17)10-18-19-15-5-4-6-16(9-15)22(23)24/h4-10,19H,1-3H3/b18-10-. The highest BCUT2D eigenvalue weighted by molar-refractivity contribution is 5.82. The molecule has 0 saturated carbocycles. The fourth-order valence-corrected chi connectivity index (χ4v) is 2.59. The molecule has 1 N–H and O–H groups in total. The van der Waals surface area contributed by atoms with Crippen molar-refractivity contribution >= 4 is 17.6 Å². The molecule has 0 bridgehead atoms. The van der Waals surface area contributed by atoms with Gasteiger partial charge in [0.1, 0.15) is 5.76 Å². The zero-order valence-corrected chi connectivity index (χ0v) is 14.1. The van der Waals surface area contributed by atoms with Crippen LogP contribution in [0.2, 0.25) is 0 Å². The van der Waals surface area contributed by atoms with Crippen LogP contribution < -0.4 is 5.43 Å². The van der Waals surface area contributed by atoms with Crippen LogP contribution in [0.5, 0.6) is 0 Å². The number of nitrogens with zero attached hydrogens (tertiary/aromatic N) is 4. The van der Waals surface area contributed by atoms with Crippen LogP contribution in [-0.2, 0) is 0 Å². The molecule has 3 aromatic rings. The van der Waals surface area contributed by atoms with Crippen molar-refractivity contribution in [2.75, 3.05) is 5.43 Å². The van der Waals surface area contributed by atoms with Gasteiger partial charge in [-0.3, -0.25) is 20.1 Å². The first-order chi connectivity index (χ1) is 12.0. The van der Waals surface area contributed by atoms with Gasteiger partial charge in [-0.05, 0) is 32.9 Å². The first-order valence-corrected chi connectivity index (χ1v) is 7.62. The Morgan fingerprint density at radius 3 is 2.76 bits per heavy atom. The van der Waals surface area contributed by atoms with Crippen molar-refractivity contribution in [2.45, 2.75) is 20.8 Å². The lowest BCUT2D eigenvalue weighted by Gasteiger charge is -2.04. The molecule has 0 saturated heterocycles. The van der Waals surface area contributed by atoms with Crippen LogP contribution in [-0.4, -0.2) is 20.9 Å². The molecule has 3 rings (SSSR count). The second-order valence-electron chi connectivity index (χ2n) is 5.64. The van der Waals surface area contributed by atoms with Gasteiger partial charge in [-0.2, -0.15) is 5.10 Å². The summed E-state index contributed by atoms with van der Waals surface area (Å²) < 4.78 is 7.11. The Bertz CT molecular complexity index is 955. The van der Waals surface area contributed by atoms with Crippen molar-refractivity contribution < 1.29 is 9.45 Å². The normalized spacial score (nSPS) is 11.2. The Kier molecular flexibility index (Phi) is 4.34. The predicted molar refractivity (Wildman–Crippen MR) is 94.4 cm³/mol. The average Bonchev–Trinajstić information content (AvgIpc) is 3.11. The first kappa shape index (κ1) is 16.4. The molecule has 0 spiro atoms. The fourth-order valence-electron chi connectivity index (χ4n) is 2.59. The van der Waals surface area contributed by atoms with E-state index in [1.54, 1.807) is 18.3 Å². The highest BCUT2D eigenvalue weighted by Gasteiger charge is 2.12. The van der Waals surface area contributed by atoms with E-state index in [2.05, 4.69) is 15.7 Å². The molecule has 8 heteroatoms. The monoisotopic (exact) mass is 339 g/mol. The van der Waals surface area contributed by atoms with Crippen molar-refractivity contribution in [2.24, 2.45) is 5.10 Å². The van der Waals surface area contributed by atoms with Gasteiger partial charge in [-0.1, -0.05) is 11.2 Å². The third kappa shape index (κ3) is 3.42. The topological polar surface area (TPSA) is 98.5 Å². The number of aromatic nitrogens is 2. The minimum absolute atomic E-state index is 0.0137. The summed E-state index contributed by atoms with van der Waals surface area (Å²) in [5, 5.41) is 19.0. The average molecular weight is 339 g/mol. The second-order valence-corrected chi connectivity index (χ2v) is 5.64. The van der Waals surface area contributed by atoms with Gasteiger partial charge in [-0.25, -0.2) is 0 Å². The summed E-state index contributed by atoms with van der Waals surface area (Å²) in [6.45, 7) is 5.78. The SMILES string of the molecule is Cc1cc(-n2c(C)cc(/C=N\Nc3cccc([N+](=O)[O-])c3)c2C)no1. The number of non-ortho nitro benzene ring substituents is 1. The summed E-state index contributed by atoms with van der Waals surface area (Å²) in [4.78, 5) is 10.4. The van der Waals surface area contributed by atoms with Crippen LogP contribution in [0, 0.1) is 30.9 Å². The van der Waals surface area contributed by atoms with Gasteiger partial charge in [-0.15, -0.1) is 0 Å². The lowest BCUT2D eigenvalue weighted by molar-refractivity contribution is -0.384. The number of nitrogens with one attached hydrogen (secondary N) is 1. The van der Waals surface area contributed by atoms with Crippen LogP contribution in [0.15, 0.2) is 46.0 Å². The van der Waals surface area contributed by atoms with Gasteiger partial charge in [0.05, 0.1) is 16.8 Å². The first-order valence-electron chi connectivity index (χ1n) is 7.62. The number of anilines is 1. The lowest BCUT2D eigenvalue weighted by atomic mass is 10.2. The number of hydrazone groups is 1. The van der Waals surface area contributed by atoms with E-state index in [9.17, 15) is 10.1 Å². The third-order valence-electron chi connectivity index (χ3n) is 3.77. The van der Waals surface area contributed by atoms with Crippen molar-refractivity contribution in [3.05, 3.63) is 69.2 Å².